The molecule has 0 saturated carbocycles. The molecule has 0 bridgehead atoms. The van der Waals surface area contributed by atoms with Crippen LogP contribution in [0.3, 0.4) is 0 Å². The topological polar surface area (TPSA) is 64.0 Å². The molecule has 2 heterocycles. The molecular weight excluding hydrogens is 477 g/mol. The third-order valence-electron chi connectivity index (χ3n) is 4.56. The maximum absolute atomic E-state index is 14.0. The number of anilines is 1. The van der Waals surface area contributed by atoms with Crippen molar-refractivity contribution in [1.82, 2.24) is 9.55 Å². The van der Waals surface area contributed by atoms with Crippen LogP contribution < -0.4 is 10.9 Å². The molecule has 0 aliphatic carbocycles. The minimum atomic E-state index is -0.574. The van der Waals surface area contributed by atoms with Gasteiger partial charge in [-0.2, -0.15) is 0 Å². The molecule has 0 spiro atoms. The molecule has 5 nitrogen and oxygen atoms in total. The van der Waals surface area contributed by atoms with Crippen LogP contribution in [0.25, 0.3) is 10.2 Å². The number of aryl methyl sites for hydroxylation is 2. The number of nitrogens with one attached hydrogen (secondary N) is 1. The Morgan fingerprint density at radius 2 is 2.00 bits per heavy atom. The summed E-state index contributed by atoms with van der Waals surface area (Å²) < 4.78 is 16.2. The Morgan fingerprint density at radius 3 is 2.62 bits per heavy atom. The van der Waals surface area contributed by atoms with Crippen molar-refractivity contribution in [3.63, 3.8) is 0 Å². The summed E-state index contributed by atoms with van der Waals surface area (Å²) in [5.74, 6) is -0.882. The second kappa shape index (κ2) is 8.57. The summed E-state index contributed by atoms with van der Waals surface area (Å²) in [5, 5.41) is 3.15. The van der Waals surface area contributed by atoms with Crippen molar-refractivity contribution >= 4 is 60.8 Å². The summed E-state index contributed by atoms with van der Waals surface area (Å²) in [6.07, 6.45) is 0. The van der Waals surface area contributed by atoms with E-state index in [0.29, 0.717) is 19.8 Å². The van der Waals surface area contributed by atoms with Gasteiger partial charge in [-0.1, -0.05) is 27.7 Å². The summed E-state index contributed by atoms with van der Waals surface area (Å²) in [5.41, 5.74) is 0.964. The van der Waals surface area contributed by atoms with Gasteiger partial charge in [0.25, 0.3) is 5.56 Å². The van der Waals surface area contributed by atoms with E-state index in [2.05, 4.69) is 26.2 Å². The van der Waals surface area contributed by atoms with Crippen LogP contribution in [0.5, 0.6) is 0 Å². The summed E-state index contributed by atoms with van der Waals surface area (Å²) in [6.45, 7) is 9.43. The van der Waals surface area contributed by atoms with E-state index < -0.39 is 11.1 Å². The third kappa shape index (κ3) is 4.41. The Kier molecular flexibility index (Phi) is 6.50. The minimum Gasteiger partial charge on any atom is -0.323 e. The number of benzene rings is 1. The third-order valence-corrected chi connectivity index (χ3v) is 7.22. The molecule has 2 aromatic heterocycles. The normalized spacial score (nSPS) is 12.6. The highest BCUT2D eigenvalue weighted by atomic mass is 79.9. The highest BCUT2D eigenvalue weighted by molar-refractivity contribution is 9.10. The molecule has 1 aromatic carbocycles. The van der Waals surface area contributed by atoms with Gasteiger partial charge in [-0.3, -0.25) is 14.2 Å². The van der Waals surface area contributed by atoms with E-state index in [1.807, 2.05) is 27.7 Å². The van der Waals surface area contributed by atoms with Gasteiger partial charge in [0.1, 0.15) is 10.6 Å². The summed E-state index contributed by atoms with van der Waals surface area (Å²) in [6, 6.07) is 4.34. The quantitative estimate of drug-likeness (QED) is 0.363. The molecular formula is C20H21BrFN3O2S2. The Hall–Kier alpha value is -1.71. The van der Waals surface area contributed by atoms with Gasteiger partial charge in [0, 0.05) is 15.4 Å². The van der Waals surface area contributed by atoms with E-state index in [4.69, 9.17) is 0 Å². The first-order valence-electron chi connectivity index (χ1n) is 9.05. The first-order chi connectivity index (χ1) is 13.6. The number of hydrogen-bond donors (Lipinski definition) is 1. The molecule has 1 atom stereocenters. The highest BCUT2D eigenvalue weighted by Crippen LogP contribution is 2.31. The fourth-order valence-corrected chi connectivity index (χ4v) is 5.31. The monoisotopic (exact) mass is 497 g/mol. The highest BCUT2D eigenvalue weighted by Gasteiger charge is 2.23. The lowest BCUT2D eigenvalue weighted by molar-refractivity contribution is -0.115. The second-order valence-electron chi connectivity index (χ2n) is 7.00. The van der Waals surface area contributed by atoms with Crippen LogP contribution in [0.15, 0.2) is 32.6 Å². The Morgan fingerprint density at radius 1 is 1.31 bits per heavy atom. The number of carbonyl (C=O) groups excluding carboxylic acids is 1. The molecule has 0 aliphatic heterocycles. The number of thioether (sulfide) groups is 1. The van der Waals surface area contributed by atoms with Gasteiger partial charge >= 0.3 is 0 Å². The average Bonchev–Trinajstić information content (AvgIpc) is 2.91. The Bertz CT molecular complexity index is 1160. The van der Waals surface area contributed by atoms with Crippen LogP contribution in [-0.2, 0) is 4.79 Å². The lowest BCUT2D eigenvalue weighted by Crippen LogP contribution is -2.28. The number of rotatable bonds is 5. The van der Waals surface area contributed by atoms with Crippen LogP contribution in [0.1, 0.15) is 37.3 Å². The van der Waals surface area contributed by atoms with Crippen molar-refractivity contribution in [1.29, 1.82) is 0 Å². The van der Waals surface area contributed by atoms with Crippen molar-refractivity contribution in [2.75, 3.05) is 5.32 Å². The molecule has 3 aromatic rings. The lowest BCUT2D eigenvalue weighted by Gasteiger charge is -2.18. The number of halogens is 2. The number of aromatic nitrogens is 2. The lowest BCUT2D eigenvalue weighted by atomic mass is 10.2. The van der Waals surface area contributed by atoms with E-state index in [1.165, 1.54) is 35.2 Å². The van der Waals surface area contributed by atoms with E-state index in [-0.39, 0.29) is 23.2 Å². The van der Waals surface area contributed by atoms with E-state index in [9.17, 15) is 14.0 Å². The zero-order valence-electron chi connectivity index (χ0n) is 16.7. The molecule has 154 valence electrons. The molecule has 0 aliphatic rings. The minimum absolute atomic E-state index is 0.0964. The van der Waals surface area contributed by atoms with Gasteiger partial charge in [0.05, 0.1) is 16.3 Å². The number of thiophene rings is 1. The van der Waals surface area contributed by atoms with Crippen LogP contribution in [0, 0.1) is 19.7 Å². The van der Waals surface area contributed by atoms with Crippen molar-refractivity contribution in [3.8, 4) is 0 Å². The van der Waals surface area contributed by atoms with Crippen molar-refractivity contribution < 1.29 is 9.18 Å². The van der Waals surface area contributed by atoms with Crippen LogP contribution in [0.4, 0.5) is 10.1 Å². The Balaban J connectivity index is 1.93. The van der Waals surface area contributed by atoms with Gasteiger partial charge in [-0.25, -0.2) is 9.37 Å². The predicted molar refractivity (Wildman–Crippen MR) is 122 cm³/mol. The summed E-state index contributed by atoms with van der Waals surface area (Å²) in [4.78, 5) is 32.1. The first kappa shape index (κ1) is 22.0. The smallest absolute Gasteiger partial charge is 0.263 e. The molecule has 0 fully saturated rings. The SMILES string of the molecule is Cc1sc2nc(SC(C)C(=O)Nc3ccc(Br)cc3F)n(C(C)C)c(=O)c2c1C. The van der Waals surface area contributed by atoms with E-state index in [1.54, 1.807) is 17.6 Å². The summed E-state index contributed by atoms with van der Waals surface area (Å²) >= 11 is 5.86. The predicted octanol–water partition coefficient (Wildman–Crippen LogP) is 5.68. The summed E-state index contributed by atoms with van der Waals surface area (Å²) in [7, 11) is 0. The zero-order valence-corrected chi connectivity index (χ0v) is 19.9. The molecule has 0 radical (unpaired) electrons. The average molecular weight is 498 g/mol. The van der Waals surface area contributed by atoms with Gasteiger partial charge in [0.15, 0.2) is 5.16 Å². The second-order valence-corrected chi connectivity index (χ2v) is 10.4. The number of amides is 1. The van der Waals surface area contributed by atoms with Gasteiger partial charge < -0.3 is 5.32 Å². The molecule has 9 heteroatoms. The fraction of sp³-hybridized carbons (Fsp3) is 0.350. The fourth-order valence-electron chi connectivity index (χ4n) is 2.86. The van der Waals surface area contributed by atoms with Crippen LogP contribution in [0.2, 0.25) is 0 Å². The molecule has 0 saturated heterocycles. The van der Waals surface area contributed by atoms with Crippen LogP contribution in [-0.4, -0.2) is 20.7 Å². The van der Waals surface area contributed by atoms with Crippen molar-refractivity contribution in [2.24, 2.45) is 0 Å². The van der Waals surface area contributed by atoms with Crippen molar-refractivity contribution in [3.05, 3.63) is 49.3 Å². The molecule has 29 heavy (non-hydrogen) atoms. The van der Waals surface area contributed by atoms with Gasteiger partial charge in [0.2, 0.25) is 5.91 Å². The molecule has 3 rings (SSSR count). The molecule has 1 N–H and O–H groups in total. The standard InChI is InChI=1S/C20H21BrFN3O2S2/c1-9(2)25-19(27)16-10(3)11(4)28-18(16)24-20(25)29-12(5)17(26)23-15-7-6-13(21)8-14(15)22/h6-9,12H,1-5H3,(H,23,26). The number of hydrogen-bond acceptors (Lipinski definition) is 5. The first-order valence-corrected chi connectivity index (χ1v) is 11.5. The number of carbonyl (C=O) groups is 1. The number of fused-ring (bicyclic) bond motifs is 1. The van der Waals surface area contributed by atoms with Gasteiger partial charge in [-0.15, -0.1) is 11.3 Å². The van der Waals surface area contributed by atoms with E-state index >= 15 is 0 Å². The number of nitrogens with zero attached hydrogens (tertiary/aromatic N) is 2. The maximum atomic E-state index is 14.0. The Labute approximate surface area is 184 Å². The van der Waals surface area contributed by atoms with Crippen LogP contribution >= 0.6 is 39.0 Å². The van der Waals surface area contributed by atoms with Crippen molar-refractivity contribution in [2.45, 2.75) is 51.1 Å². The van der Waals surface area contributed by atoms with E-state index in [0.717, 1.165) is 10.4 Å². The van der Waals surface area contributed by atoms with Gasteiger partial charge in [-0.05, 0) is 58.4 Å². The largest absolute Gasteiger partial charge is 0.323 e. The molecule has 1 amide bonds. The maximum Gasteiger partial charge on any atom is 0.263 e. The zero-order chi connectivity index (χ0) is 21.5. The molecule has 1 unspecified atom stereocenters.